The summed E-state index contributed by atoms with van der Waals surface area (Å²) < 4.78 is 0. The molecule has 2 aromatic rings. The molecule has 3 radical (unpaired) electrons. The fourth-order valence-corrected chi connectivity index (χ4v) is 1.30. The van der Waals surface area contributed by atoms with Gasteiger partial charge in [0.1, 0.15) is 11.3 Å². The molecular weight excluding hydrogens is 211 g/mol. The summed E-state index contributed by atoms with van der Waals surface area (Å²) in [6, 6.07) is 5.68. The molecular formula is C9H6AlN2O3. The minimum atomic E-state index is -0.497. The van der Waals surface area contributed by atoms with Crippen LogP contribution in [0.3, 0.4) is 0 Å². The van der Waals surface area contributed by atoms with E-state index in [2.05, 4.69) is 4.98 Å². The molecule has 0 unspecified atom stereocenters. The number of fused-ring (bicyclic) bond motifs is 1. The number of phenolic OH excluding ortho intramolecular Hbond substituents is 1. The van der Waals surface area contributed by atoms with E-state index in [9.17, 15) is 15.2 Å². The van der Waals surface area contributed by atoms with Crippen LogP contribution in [-0.4, -0.2) is 32.4 Å². The monoisotopic (exact) mass is 217 g/mol. The lowest BCUT2D eigenvalue weighted by molar-refractivity contribution is -0.383. The van der Waals surface area contributed by atoms with Gasteiger partial charge in [-0.15, -0.1) is 0 Å². The standard InChI is InChI=1S/C9H6N2O3.Al/c12-8-4-3-7(11(13)14)6-2-1-5-10-9(6)8;/h1-5,12H;. The number of aromatic nitrogens is 1. The molecule has 0 aliphatic carbocycles. The summed E-state index contributed by atoms with van der Waals surface area (Å²) in [4.78, 5) is 14.0. The lowest BCUT2D eigenvalue weighted by atomic mass is 10.2. The van der Waals surface area contributed by atoms with Gasteiger partial charge < -0.3 is 5.11 Å². The first-order chi connectivity index (χ1) is 6.70. The van der Waals surface area contributed by atoms with Crippen LogP contribution in [0.4, 0.5) is 5.69 Å². The van der Waals surface area contributed by atoms with E-state index in [1.54, 1.807) is 12.1 Å². The number of benzene rings is 1. The Hall–Kier alpha value is -1.64. The molecule has 73 valence electrons. The first-order valence-corrected chi connectivity index (χ1v) is 3.91. The topological polar surface area (TPSA) is 76.3 Å². The van der Waals surface area contributed by atoms with Crippen molar-refractivity contribution in [1.82, 2.24) is 4.98 Å². The van der Waals surface area contributed by atoms with Gasteiger partial charge in [0, 0.05) is 29.6 Å². The normalized spacial score (nSPS) is 9.60. The Morgan fingerprint density at radius 3 is 2.73 bits per heavy atom. The number of phenols is 1. The van der Waals surface area contributed by atoms with Crippen molar-refractivity contribution >= 4 is 34.0 Å². The summed E-state index contributed by atoms with van der Waals surface area (Å²) >= 11 is 0. The van der Waals surface area contributed by atoms with E-state index in [0.717, 1.165) is 0 Å². The largest absolute Gasteiger partial charge is 0.506 e. The van der Waals surface area contributed by atoms with Crippen LogP contribution in [0, 0.1) is 10.1 Å². The fraction of sp³-hybridized carbons (Fsp3) is 0. The Labute approximate surface area is 95.7 Å². The van der Waals surface area contributed by atoms with Gasteiger partial charge in [-0.2, -0.15) is 0 Å². The molecule has 0 atom stereocenters. The van der Waals surface area contributed by atoms with Crippen LogP contribution < -0.4 is 0 Å². The highest BCUT2D eigenvalue weighted by molar-refractivity contribution is 5.91. The summed E-state index contributed by atoms with van der Waals surface area (Å²) in [6.45, 7) is 0. The molecule has 0 fully saturated rings. The second-order valence-electron chi connectivity index (χ2n) is 2.76. The Bertz CT molecular complexity index is 516. The van der Waals surface area contributed by atoms with Crippen molar-refractivity contribution in [3.63, 3.8) is 0 Å². The number of non-ortho nitro benzene ring substituents is 1. The van der Waals surface area contributed by atoms with E-state index in [-0.39, 0.29) is 34.3 Å². The summed E-state index contributed by atoms with van der Waals surface area (Å²) in [6.07, 6.45) is 1.48. The minimum absolute atomic E-state index is 0. The predicted molar refractivity (Wildman–Crippen MR) is 55.8 cm³/mol. The molecule has 0 aliphatic heterocycles. The average Bonchev–Trinajstić information content (AvgIpc) is 2.18. The number of pyridine rings is 1. The van der Waals surface area contributed by atoms with Crippen LogP contribution in [0.1, 0.15) is 0 Å². The zero-order chi connectivity index (χ0) is 10.1. The molecule has 6 heteroatoms. The van der Waals surface area contributed by atoms with E-state index in [4.69, 9.17) is 0 Å². The number of nitro benzene ring substituents is 1. The number of aromatic hydroxyl groups is 1. The fourth-order valence-electron chi connectivity index (χ4n) is 1.30. The third-order valence-corrected chi connectivity index (χ3v) is 1.92. The number of nitrogens with zero attached hydrogens (tertiary/aromatic N) is 2. The zero-order valence-corrected chi connectivity index (χ0v) is 8.78. The van der Waals surface area contributed by atoms with Crippen molar-refractivity contribution < 1.29 is 10.0 Å². The summed E-state index contributed by atoms with van der Waals surface area (Å²) in [5, 5.41) is 20.4. The summed E-state index contributed by atoms with van der Waals surface area (Å²) in [5.74, 6) is -0.0498. The smallest absolute Gasteiger partial charge is 0.279 e. The maximum Gasteiger partial charge on any atom is 0.279 e. The minimum Gasteiger partial charge on any atom is -0.506 e. The van der Waals surface area contributed by atoms with E-state index in [1.807, 2.05) is 0 Å². The van der Waals surface area contributed by atoms with Gasteiger partial charge in [-0.25, -0.2) is 0 Å². The van der Waals surface area contributed by atoms with Crippen LogP contribution in [-0.2, 0) is 0 Å². The van der Waals surface area contributed by atoms with Crippen molar-refractivity contribution in [2.75, 3.05) is 0 Å². The Morgan fingerprint density at radius 2 is 2.07 bits per heavy atom. The second-order valence-corrected chi connectivity index (χ2v) is 2.76. The van der Waals surface area contributed by atoms with Crippen LogP contribution in [0.2, 0.25) is 0 Å². The van der Waals surface area contributed by atoms with E-state index in [1.165, 1.54) is 18.3 Å². The maximum absolute atomic E-state index is 10.6. The highest BCUT2D eigenvalue weighted by atomic mass is 27.0. The number of nitro groups is 1. The maximum atomic E-state index is 10.6. The molecule has 1 heterocycles. The molecule has 15 heavy (non-hydrogen) atoms. The van der Waals surface area contributed by atoms with E-state index < -0.39 is 4.92 Å². The molecule has 1 aromatic carbocycles. The van der Waals surface area contributed by atoms with Gasteiger partial charge >= 0.3 is 0 Å². The van der Waals surface area contributed by atoms with Crippen molar-refractivity contribution in [3.8, 4) is 5.75 Å². The Morgan fingerprint density at radius 1 is 1.33 bits per heavy atom. The van der Waals surface area contributed by atoms with Crippen molar-refractivity contribution in [2.24, 2.45) is 0 Å². The van der Waals surface area contributed by atoms with Crippen LogP contribution in [0.5, 0.6) is 5.75 Å². The third-order valence-electron chi connectivity index (χ3n) is 1.92. The molecule has 5 nitrogen and oxygen atoms in total. The molecule has 0 amide bonds. The van der Waals surface area contributed by atoms with Crippen LogP contribution in [0.25, 0.3) is 10.9 Å². The van der Waals surface area contributed by atoms with Crippen molar-refractivity contribution in [3.05, 3.63) is 40.6 Å². The van der Waals surface area contributed by atoms with E-state index >= 15 is 0 Å². The average molecular weight is 217 g/mol. The second kappa shape index (κ2) is 4.26. The molecule has 0 aliphatic rings. The van der Waals surface area contributed by atoms with Gasteiger partial charge in [-0.05, 0) is 18.2 Å². The van der Waals surface area contributed by atoms with Gasteiger partial charge in [-0.1, -0.05) is 0 Å². The van der Waals surface area contributed by atoms with Gasteiger partial charge in [0.05, 0.1) is 10.3 Å². The van der Waals surface area contributed by atoms with Crippen LogP contribution >= 0.6 is 0 Å². The lowest BCUT2D eigenvalue weighted by Crippen LogP contribution is -1.90. The summed E-state index contributed by atoms with van der Waals surface area (Å²) in [7, 11) is 0. The predicted octanol–water partition coefficient (Wildman–Crippen LogP) is 1.47. The molecule has 0 bridgehead atoms. The SMILES string of the molecule is O=[N+]([O-])c1ccc(O)c2ncccc12.[Al]. The van der Waals surface area contributed by atoms with Crippen LogP contribution in [0.15, 0.2) is 30.5 Å². The molecule has 0 spiro atoms. The van der Waals surface area contributed by atoms with Gasteiger partial charge in [0.15, 0.2) is 0 Å². The molecule has 0 saturated carbocycles. The Balaban J connectivity index is 0.00000112. The number of hydrogen-bond donors (Lipinski definition) is 1. The zero-order valence-electron chi connectivity index (χ0n) is 7.62. The highest BCUT2D eigenvalue weighted by Crippen LogP contribution is 2.29. The number of rotatable bonds is 1. The van der Waals surface area contributed by atoms with Gasteiger partial charge in [0.2, 0.25) is 0 Å². The first kappa shape index (κ1) is 11.4. The quantitative estimate of drug-likeness (QED) is 0.445. The third kappa shape index (κ3) is 1.91. The molecule has 2 rings (SSSR count). The molecule has 0 saturated heterocycles. The summed E-state index contributed by atoms with van der Waals surface area (Å²) in [5.41, 5.74) is 0.201. The number of hydrogen-bond acceptors (Lipinski definition) is 4. The lowest BCUT2D eigenvalue weighted by Gasteiger charge is -1.99. The van der Waals surface area contributed by atoms with Crippen molar-refractivity contribution in [2.45, 2.75) is 0 Å². The molecule has 1 aromatic heterocycles. The first-order valence-electron chi connectivity index (χ1n) is 3.91. The van der Waals surface area contributed by atoms with Gasteiger partial charge in [0.25, 0.3) is 5.69 Å². The Kier molecular flexibility index (Phi) is 3.25. The van der Waals surface area contributed by atoms with E-state index in [0.29, 0.717) is 5.39 Å². The van der Waals surface area contributed by atoms with Gasteiger partial charge in [-0.3, -0.25) is 15.1 Å². The molecule has 1 N–H and O–H groups in total. The van der Waals surface area contributed by atoms with Crippen molar-refractivity contribution in [1.29, 1.82) is 0 Å². The highest BCUT2D eigenvalue weighted by Gasteiger charge is 2.13.